The van der Waals surface area contributed by atoms with E-state index < -0.39 is 0 Å². The van der Waals surface area contributed by atoms with Gasteiger partial charge in [0, 0.05) is 17.1 Å². The van der Waals surface area contributed by atoms with E-state index in [-0.39, 0.29) is 18.6 Å². The zero-order valence-electron chi connectivity index (χ0n) is 10.8. The van der Waals surface area contributed by atoms with Crippen molar-refractivity contribution in [2.75, 3.05) is 13.7 Å². The number of ether oxygens (including phenoxy) is 2. The number of benzene rings is 1. The number of nitrogens with one attached hydrogen (secondary N) is 1. The van der Waals surface area contributed by atoms with Crippen LogP contribution in [0.4, 0.5) is 0 Å². The summed E-state index contributed by atoms with van der Waals surface area (Å²) in [5.41, 5.74) is 0.832. The molecular weight excluding hydrogens is 254 g/mol. The summed E-state index contributed by atoms with van der Waals surface area (Å²) < 4.78 is 10.2. The molecule has 5 heteroatoms. The predicted molar refractivity (Wildman–Crippen MR) is 70.9 cm³/mol. The van der Waals surface area contributed by atoms with Crippen LogP contribution < -0.4 is 10.1 Å². The fourth-order valence-corrected chi connectivity index (χ4v) is 1.73. The van der Waals surface area contributed by atoms with Crippen LogP contribution >= 0.6 is 11.6 Å². The highest BCUT2D eigenvalue weighted by molar-refractivity contribution is 6.31. The molecule has 1 N–H and O–H groups in total. The van der Waals surface area contributed by atoms with Gasteiger partial charge in [-0.2, -0.15) is 0 Å². The van der Waals surface area contributed by atoms with Crippen molar-refractivity contribution in [1.29, 1.82) is 0 Å². The molecule has 0 atom stereocenters. The Bertz CT molecular complexity index is 407. The lowest BCUT2D eigenvalue weighted by atomic mass is 10.2. The van der Waals surface area contributed by atoms with Crippen molar-refractivity contribution >= 4 is 17.6 Å². The molecule has 0 aliphatic carbocycles. The number of methoxy groups -OCH3 is 1. The van der Waals surface area contributed by atoms with Gasteiger partial charge in [-0.1, -0.05) is 17.7 Å². The van der Waals surface area contributed by atoms with Crippen molar-refractivity contribution in [2.24, 2.45) is 0 Å². The van der Waals surface area contributed by atoms with Gasteiger partial charge in [-0.05, 0) is 26.0 Å². The van der Waals surface area contributed by atoms with Crippen molar-refractivity contribution in [3.63, 3.8) is 0 Å². The van der Waals surface area contributed by atoms with E-state index in [0.29, 0.717) is 17.3 Å². The van der Waals surface area contributed by atoms with Crippen LogP contribution in [0, 0.1) is 0 Å². The van der Waals surface area contributed by atoms with Gasteiger partial charge in [0.2, 0.25) is 0 Å². The van der Waals surface area contributed by atoms with Crippen molar-refractivity contribution in [1.82, 2.24) is 5.32 Å². The largest absolute Gasteiger partial charge is 0.496 e. The second-order valence-electron chi connectivity index (χ2n) is 4.06. The van der Waals surface area contributed by atoms with Gasteiger partial charge in [-0.3, -0.25) is 4.79 Å². The molecule has 0 heterocycles. The molecule has 0 unspecified atom stereocenters. The van der Waals surface area contributed by atoms with Gasteiger partial charge in [0.1, 0.15) is 5.75 Å². The summed E-state index contributed by atoms with van der Waals surface area (Å²) in [5, 5.41) is 3.59. The third kappa shape index (κ3) is 4.55. The van der Waals surface area contributed by atoms with Crippen molar-refractivity contribution in [3.8, 4) is 5.75 Å². The second kappa shape index (κ2) is 7.24. The average Bonchev–Trinajstić information content (AvgIpc) is 2.30. The zero-order valence-corrected chi connectivity index (χ0v) is 11.6. The number of carbonyl (C=O) groups excluding carboxylic acids is 1. The number of rotatable bonds is 6. The highest BCUT2D eigenvalue weighted by Gasteiger charge is 2.09. The Morgan fingerprint density at radius 2 is 2.17 bits per heavy atom. The van der Waals surface area contributed by atoms with Gasteiger partial charge in [0.05, 0.1) is 19.8 Å². The fraction of sp³-hybridized carbons (Fsp3) is 0.462. The molecular formula is C13H18ClNO3. The molecule has 0 saturated carbocycles. The SMILES string of the molecule is COc1cccc(Cl)c1CNCC(=O)OC(C)C. The van der Waals surface area contributed by atoms with Crippen LogP contribution in [0.1, 0.15) is 19.4 Å². The van der Waals surface area contributed by atoms with Crippen LogP contribution in [0.3, 0.4) is 0 Å². The number of hydrogen-bond acceptors (Lipinski definition) is 4. The first kappa shape index (κ1) is 14.8. The standard InChI is InChI=1S/C13H18ClNO3/c1-9(2)18-13(16)8-15-7-10-11(14)5-4-6-12(10)17-3/h4-6,9,15H,7-8H2,1-3H3. The highest BCUT2D eigenvalue weighted by atomic mass is 35.5. The summed E-state index contributed by atoms with van der Waals surface area (Å²) in [5.74, 6) is 0.420. The molecule has 1 aromatic carbocycles. The van der Waals surface area contributed by atoms with Crippen LogP contribution in [0.5, 0.6) is 5.75 Å². The van der Waals surface area contributed by atoms with Crippen molar-refractivity contribution < 1.29 is 14.3 Å². The maximum Gasteiger partial charge on any atom is 0.320 e. The van der Waals surface area contributed by atoms with E-state index in [9.17, 15) is 4.79 Å². The Balaban J connectivity index is 2.51. The monoisotopic (exact) mass is 271 g/mol. The van der Waals surface area contributed by atoms with E-state index in [2.05, 4.69) is 5.32 Å². The van der Waals surface area contributed by atoms with Gasteiger partial charge >= 0.3 is 5.97 Å². The predicted octanol–water partition coefficient (Wildman–Crippen LogP) is 2.39. The lowest BCUT2D eigenvalue weighted by Crippen LogP contribution is -2.26. The Labute approximate surface area is 112 Å². The molecule has 0 fully saturated rings. The minimum Gasteiger partial charge on any atom is -0.496 e. The lowest BCUT2D eigenvalue weighted by molar-refractivity contribution is -0.146. The quantitative estimate of drug-likeness (QED) is 0.807. The minimum atomic E-state index is -0.281. The number of hydrogen-bond donors (Lipinski definition) is 1. The molecule has 0 saturated heterocycles. The first-order valence-electron chi connectivity index (χ1n) is 5.76. The third-order valence-electron chi connectivity index (χ3n) is 2.23. The minimum absolute atomic E-state index is 0.103. The zero-order chi connectivity index (χ0) is 13.5. The lowest BCUT2D eigenvalue weighted by Gasteiger charge is -2.12. The molecule has 0 bridgehead atoms. The fourth-order valence-electron chi connectivity index (χ4n) is 1.50. The van der Waals surface area contributed by atoms with Gasteiger partial charge < -0.3 is 14.8 Å². The summed E-state index contributed by atoms with van der Waals surface area (Å²) in [6.45, 7) is 4.23. The molecule has 0 aliphatic rings. The topological polar surface area (TPSA) is 47.6 Å². The summed E-state index contributed by atoms with van der Waals surface area (Å²) in [6, 6.07) is 5.43. The molecule has 0 aromatic heterocycles. The van der Waals surface area contributed by atoms with Gasteiger partial charge in [0.15, 0.2) is 0 Å². The van der Waals surface area contributed by atoms with Crippen LogP contribution in [0.15, 0.2) is 18.2 Å². The Hall–Kier alpha value is -1.26. The first-order valence-corrected chi connectivity index (χ1v) is 6.14. The number of carbonyl (C=O) groups is 1. The number of halogens is 1. The smallest absolute Gasteiger partial charge is 0.320 e. The third-order valence-corrected chi connectivity index (χ3v) is 2.59. The molecule has 1 rings (SSSR count). The summed E-state index contributed by atoms with van der Waals surface area (Å²) in [7, 11) is 1.59. The van der Waals surface area contributed by atoms with Crippen LogP contribution in [-0.4, -0.2) is 25.7 Å². The maximum absolute atomic E-state index is 11.3. The molecule has 100 valence electrons. The van der Waals surface area contributed by atoms with E-state index in [0.717, 1.165) is 5.56 Å². The van der Waals surface area contributed by atoms with E-state index >= 15 is 0 Å². The Morgan fingerprint density at radius 3 is 2.78 bits per heavy atom. The molecule has 0 amide bonds. The van der Waals surface area contributed by atoms with Gasteiger partial charge in [-0.25, -0.2) is 0 Å². The molecule has 18 heavy (non-hydrogen) atoms. The van der Waals surface area contributed by atoms with Crippen molar-refractivity contribution in [2.45, 2.75) is 26.5 Å². The molecule has 0 radical (unpaired) electrons. The average molecular weight is 272 g/mol. The normalized spacial score (nSPS) is 10.5. The van der Waals surface area contributed by atoms with E-state index in [1.165, 1.54) is 0 Å². The van der Waals surface area contributed by atoms with Crippen LogP contribution in [0.25, 0.3) is 0 Å². The van der Waals surface area contributed by atoms with Gasteiger partial charge in [-0.15, -0.1) is 0 Å². The molecule has 0 aliphatic heterocycles. The molecule has 1 aromatic rings. The van der Waals surface area contributed by atoms with Crippen molar-refractivity contribution in [3.05, 3.63) is 28.8 Å². The Kier molecular flexibility index (Phi) is 5.95. The first-order chi connectivity index (χ1) is 8.54. The van der Waals surface area contributed by atoms with Crippen LogP contribution in [0.2, 0.25) is 5.02 Å². The van der Waals surface area contributed by atoms with E-state index in [4.69, 9.17) is 21.1 Å². The van der Waals surface area contributed by atoms with E-state index in [1.807, 2.05) is 26.0 Å². The second-order valence-corrected chi connectivity index (χ2v) is 4.47. The van der Waals surface area contributed by atoms with Gasteiger partial charge in [0.25, 0.3) is 0 Å². The summed E-state index contributed by atoms with van der Waals surface area (Å²) >= 11 is 6.07. The van der Waals surface area contributed by atoms with E-state index in [1.54, 1.807) is 13.2 Å². The molecule has 0 spiro atoms. The summed E-state index contributed by atoms with van der Waals surface area (Å²) in [4.78, 5) is 11.3. The Morgan fingerprint density at radius 1 is 1.44 bits per heavy atom. The van der Waals surface area contributed by atoms with Crippen LogP contribution in [-0.2, 0) is 16.1 Å². The molecule has 4 nitrogen and oxygen atoms in total. The number of esters is 1. The maximum atomic E-state index is 11.3. The summed E-state index contributed by atoms with van der Waals surface area (Å²) in [6.07, 6.45) is -0.103. The highest BCUT2D eigenvalue weighted by Crippen LogP contribution is 2.25.